The van der Waals surface area contributed by atoms with E-state index in [1.165, 1.54) is 11.3 Å². The van der Waals surface area contributed by atoms with Gasteiger partial charge in [0.25, 0.3) is 0 Å². The number of amides is 1. The van der Waals surface area contributed by atoms with Gasteiger partial charge in [-0.05, 0) is 5.41 Å². The highest BCUT2D eigenvalue weighted by Crippen LogP contribution is 2.16. The Labute approximate surface area is 67.3 Å². The van der Waals surface area contributed by atoms with Crippen molar-refractivity contribution in [2.75, 3.05) is 6.54 Å². The number of rotatable bonds is 1. The average Bonchev–Trinajstić information content (AvgIpc) is 1.60. The molecule has 0 aliphatic rings. The van der Waals surface area contributed by atoms with Gasteiger partial charge in [-0.1, -0.05) is 20.8 Å². The lowest BCUT2D eigenvalue weighted by atomic mass is 9.97. The summed E-state index contributed by atoms with van der Waals surface area (Å²) < 4.78 is 1.21. The summed E-state index contributed by atoms with van der Waals surface area (Å²) in [6.07, 6.45) is 0. The van der Waals surface area contributed by atoms with Crippen LogP contribution in [0.3, 0.4) is 0 Å². The highest BCUT2D eigenvalue weighted by molar-refractivity contribution is 6.20. The van der Waals surface area contributed by atoms with Crippen LogP contribution in [0, 0.1) is 5.41 Å². The van der Waals surface area contributed by atoms with Gasteiger partial charge in [0.2, 0.25) is 5.91 Å². The van der Waals surface area contributed by atoms with Crippen molar-refractivity contribution in [3.63, 3.8) is 0 Å². The van der Waals surface area contributed by atoms with E-state index in [2.05, 4.69) is 0 Å². The highest BCUT2D eigenvalue weighted by atomic mass is 35.5. The van der Waals surface area contributed by atoms with Crippen LogP contribution in [0.25, 0.3) is 0 Å². The van der Waals surface area contributed by atoms with Crippen LogP contribution in [0.15, 0.2) is 0 Å². The molecule has 0 spiro atoms. The molecule has 0 aliphatic carbocycles. The van der Waals surface area contributed by atoms with E-state index in [0.29, 0.717) is 6.54 Å². The molecule has 3 heteroatoms. The van der Waals surface area contributed by atoms with Crippen LogP contribution in [0.1, 0.15) is 27.7 Å². The van der Waals surface area contributed by atoms with Crippen molar-refractivity contribution >= 4 is 17.7 Å². The van der Waals surface area contributed by atoms with Gasteiger partial charge in [-0.2, -0.15) is 0 Å². The fourth-order valence-corrected chi connectivity index (χ4v) is 0.886. The Kier molecular flexibility index (Phi) is 3.16. The molecule has 0 saturated heterocycles. The van der Waals surface area contributed by atoms with Crippen molar-refractivity contribution in [3.8, 4) is 0 Å². The molecule has 0 unspecified atom stereocenters. The van der Waals surface area contributed by atoms with Gasteiger partial charge in [-0.3, -0.25) is 9.21 Å². The fraction of sp³-hybridized carbons (Fsp3) is 0.857. The summed E-state index contributed by atoms with van der Waals surface area (Å²) in [6.45, 7) is 8.14. The standard InChI is InChI=1S/C7H14ClNO/c1-6(10)9(8)5-7(2,3)4/h5H2,1-4H3. The van der Waals surface area contributed by atoms with Crippen molar-refractivity contribution in [2.24, 2.45) is 5.41 Å². The smallest absolute Gasteiger partial charge is 0.233 e. The third-order valence-corrected chi connectivity index (χ3v) is 1.31. The molecule has 0 aliphatic heterocycles. The first kappa shape index (κ1) is 9.76. The predicted octanol–water partition coefficient (Wildman–Crippen LogP) is 2.03. The molecule has 0 fully saturated rings. The zero-order chi connectivity index (χ0) is 8.36. The average molecular weight is 164 g/mol. The lowest BCUT2D eigenvalue weighted by molar-refractivity contribution is -0.125. The molecule has 0 saturated carbocycles. The van der Waals surface area contributed by atoms with Gasteiger partial charge in [0.15, 0.2) is 0 Å². The second-order valence-corrected chi connectivity index (χ2v) is 4.01. The first-order valence-corrected chi connectivity index (χ1v) is 3.60. The Morgan fingerprint density at radius 3 is 2.00 bits per heavy atom. The molecule has 0 radical (unpaired) electrons. The summed E-state index contributed by atoms with van der Waals surface area (Å²) in [4.78, 5) is 10.6. The third kappa shape index (κ3) is 4.62. The Balaban J connectivity index is 3.80. The molecule has 10 heavy (non-hydrogen) atoms. The van der Waals surface area contributed by atoms with Gasteiger partial charge < -0.3 is 0 Å². The Hall–Kier alpha value is -0.240. The molecule has 0 aromatic heterocycles. The SMILES string of the molecule is CC(=O)N(Cl)CC(C)(C)C. The molecule has 1 amide bonds. The molecule has 2 nitrogen and oxygen atoms in total. The number of hydrogen-bond donors (Lipinski definition) is 0. The van der Waals surface area contributed by atoms with E-state index >= 15 is 0 Å². The van der Waals surface area contributed by atoms with Gasteiger partial charge in [0.05, 0.1) is 0 Å². The van der Waals surface area contributed by atoms with Gasteiger partial charge in [-0.25, -0.2) is 0 Å². The minimum absolute atomic E-state index is 0.0768. The second kappa shape index (κ2) is 3.24. The summed E-state index contributed by atoms with van der Waals surface area (Å²) in [7, 11) is 0. The van der Waals surface area contributed by atoms with Crippen LogP contribution in [0.2, 0.25) is 0 Å². The zero-order valence-corrected chi connectivity index (χ0v) is 7.70. The minimum Gasteiger partial charge on any atom is -0.274 e. The topological polar surface area (TPSA) is 20.3 Å². The van der Waals surface area contributed by atoms with Gasteiger partial charge in [-0.15, -0.1) is 0 Å². The van der Waals surface area contributed by atoms with Crippen LogP contribution in [-0.2, 0) is 4.79 Å². The van der Waals surface area contributed by atoms with Crippen molar-refractivity contribution in [1.82, 2.24) is 4.42 Å². The molecule has 0 aromatic rings. The monoisotopic (exact) mass is 163 g/mol. The maximum atomic E-state index is 10.6. The third-order valence-electron chi connectivity index (χ3n) is 0.955. The van der Waals surface area contributed by atoms with E-state index in [0.717, 1.165) is 0 Å². The quantitative estimate of drug-likeness (QED) is 0.542. The molecule has 0 N–H and O–H groups in total. The molecule has 0 bridgehead atoms. The number of halogens is 1. The molecular weight excluding hydrogens is 150 g/mol. The first-order chi connectivity index (χ1) is 4.33. The molecule has 0 rings (SSSR count). The molecular formula is C7H14ClNO. The molecule has 0 heterocycles. The molecule has 0 atom stereocenters. The largest absolute Gasteiger partial charge is 0.274 e. The number of nitrogens with zero attached hydrogens (tertiary/aromatic N) is 1. The normalized spacial score (nSPS) is 11.3. The Morgan fingerprint density at radius 2 is 1.90 bits per heavy atom. The summed E-state index contributed by atoms with van der Waals surface area (Å²) in [6, 6.07) is 0. The van der Waals surface area contributed by atoms with Gasteiger partial charge in [0, 0.05) is 25.2 Å². The van der Waals surface area contributed by atoms with Crippen LogP contribution >= 0.6 is 11.8 Å². The number of hydrogen-bond acceptors (Lipinski definition) is 1. The Morgan fingerprint density at radius 1 is 1.50 bits per heavy atom. The van der Waals surface area contributed by atoms with E-state index in [9.17, 15) is 4.79 Å². The van der Waals surface area contributed by atoms with Gasteiger partial charge >= 0.3 is 0 Å². The van der Waals surface area contributed by atoms with Crippen LogP contribution < -0.4 is 0 Å². The number of carbonyl (C=O) groups is 1. The Bertz CT molecular complexity index is 128. The lowest BCUT2D eigenvalue weighted by Crippen LogP contribution is -2.28. The molecule has 0 aromatic carbocycles. The zero-order valence-electron chi connectivity index (χ0n) is 6.94. The molecule has 60 valence electrons. The summed E-state index contributed by atoms with van der Waals surface area (Å²) >= 11 is 5.58. The van der Waals surface area contributed by atoms with Crippen molar-refractivity contribution in [1.29, 1.82) is 0 Å². The summed E-state index contributed by atoms with van der Waals surface area (Å²) in [5, 5.41) is 0. The summed E-state index contributed by atoms with van der Waals surface area (Å²) in [5.74, 6) is -0.100. The summed E-state index contributed by atoms with van der Waals surface area (Å²) in [5.41, 5.74) is 0.0768. The van der Waals surface area contributed by atoms with E-state index in [-0.39, 0.29) is 11.3 Å². The number of carbonyl (C=O) groups excluding carboxylic acids is 1. The van der Waals surface area contributed by atoms with Crippen molar-refractivity contribution < 1.29 is 4.79 Å². The van der Waals surface area contributed by atoms with Gasteiger partial charge in [0.1, 0.15) is 0 Å². The lowest BCUT2D eigenvalue weighted by Gasteiger charge is -2.22. The van der Waals surface area contributed by atoms with E-state index in [4.69, 9.17) is 11.8 Å². The van der Waals surface area contributed by atoms with Crippen LogP contribution in [-0.4, -0.2) is 16.9 Å². The van der Waals surface area contributed by atoms with Crippen LogP contribution in [0.5, 0.6) is 0 Å². The van der Waals surface area contributed by atoms with Crippen molar-refractivity contribution in [3.05, 3.63) is 0 Å². The van der Waals surface area contributed by atoms with E-state index in [1.807, 2.05) is 20.8 Å². The highest BCUT2D eigenvalue weighted by Gasteiger charge is 2.16. The fourth-order valence-electron chi connectivity index (χ4n) is 0.528. The second-order valence-electron chi connectivity index (χ2n) is 3.60. The first-order valence-electron chi connectivity index (χ1n) is 3.27. The van der Waals surface area contributed by atoms with E-state index in [1.54, 1.807) is 0 Å². The maximum absolute atomic E-state index is 10.6. The maximum Gasteiger partial charge on any atom is 0.233 e. The minimum atomic E-state index is -0.100. The van der Waals surface area contributed by atoms with E-state index < -0.39 is 0 Å². The van der Waals surface area contributed by atoms with Crippen molar-refractivity contribution in [2.45, 2.75) is 27.7 Å². The predicted molar refractivity (Wildman–Crippen MR) is 42.7 cm³/mol. The van der Waals surface area contributed by atoms with Crippen LogP contribution in [0.4, 0.5) is 0 Å².